The molecule has 4 heteroatoms. The number of hydrogen-bond donors (Lipinski definition) is 2. The first-order chi connectivity index (χ1) is 13.8. The third-order valence-electron chi connectivity index (χ3n) is 5.22. The Hall–Kier alpha value is -0.601. The van der Waals surface area contributed by atoms with Crippen LogP contribution in [0.1, 0.15) is 64.2 Å². The van der Waals surface area contributed by atoms with E-state index in [4.69, 9.17) is 0 Å². The van der Waals surface area contributed by atoms with E-state index in [1.807, 2.05) is 60.7 Å². The first-order valence-electron chi connectivity index (χ1n) is 10.4. The molecule has 0 saturated heterocycles. The zero-order valence-corrected chi connectivity index (χ0v) is 18.4. The Kier molecular flexibility index (Phi) is 9.61. The van der Waals surface area contributed by atoms with Crippen molar-refractivity contribution in [2.45, 2.75) is 73.8 Å². The normalized spacial score (nSPS) is 19.4. The van der Waals surface area contributed by atoms with E-state index in [1.165, 1.54) is 64.2 Å². The van der Waals surface area contributed by atoms with Crippen molar-refractivity contribution in [1.82, 2.24) is 0 Å². The van der Waals surface area contributed by atoms with E-state index in [9.17, 15) is 8.38 Å². The van der Waals surface area contributed by atoms with Crippen molar-refractivity contribution in [3.63, 3.8) is 0 Å². The predicted octanol–water partition coefficient (Wildman–Crippen LogP) is 5.18. The molecule has 0 aliphatic heterocycles. The van der Waals surface area contributed by atoms with Crippen LogP contribution >= 0.6 is 0 Å². The maximum absolute atomic E-state index is 10.2. The number of rotatable bonds is 4. The van der Waals surface area contributed by atoms with Crippen molar-refractivity contribution < 1.29 is 36.8 Å². The van der Waals surface area contributed by atoms with Gasteiger partial charge in [-0.15, -0.1) is 0 Å². The first kappa shape index (κ1) is 22.1. The molecule has 0 bridgehead atoms. The van der Waals surface area contributed by atoms with Crippen molar-refractivity contribution in [2.75, 3.05) is 0 Å². The van der Waals surface area contributed by atoms with Crippen molar-refractivity contribution >= 4 is 8.92 Å². The van der Waals surface area contributed by atoms with Gasteiger partial charge in [0.15, 0.2) is 0 Å². The minimum absolute atomic E-state index is 0.450. The Bertz CT molecular complexity index is 593. The Morgan fingerprint density at radius 1 is 0.500 bits per heavy atom. The third-order valence-corrected chi connectivity index (χ3v) is 9.51. The second-order valence-electron chi connectivity index (χ2n) is 7.31. The van der Waals surface area contributed by atoms with Crippen molar-refractivity contribution in [1.29, 1.82) is 0 Å². The van der Waals surface area contributed by atoms with Crippen LogP contribution in [0.2, 0.25) is 9.63 Å². The summed E-state index contributed by atoms with van der Waals surface area (Å²) in [5.41, 5.74) is 0. The van der Waals surface area contributed by atoms with Crippen LogP contribution in [0, 0.1) is 0 Å². The fourth-order valence-electron chi connectivity index (χ4n) is 3.66. The predicted molar refractivity (Wildman–Crippen MR) is 110 cm³/mol. The van der Waals surface area contributed by atoms with E-state index in [0.29, 0.717) is 9.63 Å². The zero-order chi connectivity index (χ0) is 19.6. The van der Waals surface area contributed by atoms with Gasteiger partial charge < -0.3 is 0 Å². The van der Waals surface area contributed by atoms with E-state index in [-0.39, 0.29) is 0 Å². The van der Waals surface area contributed by atoms with Crippen molar-refractivity contribution in [3.8, 4) is 0 Å². The van der Waals surface area contributed by atoms with Gasteiger partial charge in [0.2, 0.25) is 0 Å². The summed E-state index contributed by atoms with van der Waals surface area (Å²) in [4.78, 5) is 1.03. The zero-order valence-electron chi connectivity index (χ0n) is 16.5. The van der Waals surface area contributed by atoms with Crippen LogP contribution in [-0.2, 0) is 28.5 Å². The van der Waals surface area contributed by atoms with Crippen LogP contribution in [0.25, 0.3) is 0 Å². The molecule has 2 fully saturated rings. The Balaban J connectivity index is 0.000000161. The molecule has 2 aromatic rings. The summed E-state index contributed by atoms with van der Waals surface area (Å²) >= 11 is -0.899. The second kappa shape index (κ2) is 12.2. The van der Waals surface area contributed by atoms with Crippen LogP contribution in [0.5, 0.6) is 0 Å². The molecule has 0 amide bonds. The Morgan fingerprint density at radius 3 is 1.14 bits per heavy atom. The summed E-state index contributed by atoms with van der Waals surface area (Å²) in [6.07, 6.45) is 12.7. The fraction of sp³-hybridized carbons (Fsp3) is 0.500. The van der Waals surface area contributed by atoms with Crippen LogP contribution in [0.3, 0.4) is 0 Å². The van der Waals surface area contributed by atoms with E-state index in [0.717, 1.165) is 8.92 Å². The number of hydrogen-bond acceptors (Lipinski definition) is 2. The third kappa shape index (κ3) is 6.73. The molecule has 28 heavy (non-hydrogen) atoms. The summed E-state index contributed by atoms with van der Waals surface area (Å²) in [7, 11) is 0. The molecule has 2 N–H and O–H groups in total. The van der Waals surface area contributed by atoms with E-state index in [1.54, 1.807) is 0 Å². The molecule has 2 nitrogen and oxygen atoms in total. The van der Waals surface area contributed by atoms with Crippen molar-refractivity contribution in [3.05, 3.63) is 60.7 Å². The molecule has 0 unspecified atom stereocenters. The van der Waals surface area contributed by atoms with Gasteiger partial charge in [0.25, 0.3) is 0 Å². The standard InChI is InChI=1S/2C6H11.2C6H5.2Cu.2H2O/c4*1-2-4-6-5-3-1;;;;/h2*1H,2-6H2;2*1-5H;;;2*1H2/q;;;;2*+1;;/p-2. The van der Waals surface area contributed by atoms with E-state index < -0.39 is 28.5 Å². The molecule has 164 valence electrons. The van der Waals surface area contributed by atoms with Gasteiger partial charge in [0, 0.05) is 0 Å². The summed E-state index contributed by atoms with van der Waals surface area (Å²) in [5.74, 6) is 0. The van der Waals surface area contributed by atoms with Crippen molar-refractivity contribution in [2.24, 2.45) is 0 Å². The van der Waals surface area contributed by atoms with Gasteiger partial charge in [0.05, 0.1) is 0 Å². The van der Waals surface area contributed by atoms with E-state index in [2.05, 4.69) is 0 Å². The van der Waals surface area contributed by atoms with Gasteiger partial charge in [-0.1, -0.05) is 0 Å². The monoisotopic (exact) mass is 480 g/mol. The Labute approximate surface area is 179 Å². The molecule has 0 spiro atoms. The van der Waals surface area contributed by atoms with Gasteiger partial charge in [-0.05, 0) is 0 Å². The Morgan fingerprint density at radius 2 is 0.821 bits per heavy atom. The van der Waals surface area contributed by atoms with Crippen LogP contribution in [0.15, 0.2) is 60.7 Å². The summed E-state index contributed by atoms with van der Waals surface area (Å²) < 4.78 is 22.5. The molecule has 0 heterocycles. The van der Waals surface area contributed by atoms with E-state index >= 15 is 0 Å². The average molecular weight is 482 g/mol. The number of benzene rings is 2. The summed E-state index contributed by atoms with van der Waals surface area (Å²) in [5, 5.41) is 0. The molecule has 2 aliphatic rings. The fourth-order valence-corrected chi connectivity index (χ4v) is 7.36. The summed E-state index contributed by atoms with van der Waals surface area (Å²) in [6, 6.07) is 20.2. The van der Waals surface area contributed by atoms with Gasteiger partial charge in [-0.3, -0.25) is 0 Å². The van der Waals surface area contributed by atoms with Gasteiger partial charge in [0.1, 0.15) is 0 Å². The molecule has 0 aromatic heterocycles. The van der Waals surface area contributed by atoms with Crippen LogP contribution in [-0.4, -0.2) is 8.38 Å². The summed E-state index contributed by atoms with van der Waals surface area (Å²) in [6.45, 7) is 0. The topological polar surface area (TPSA) is 40.5 Å². The maximum atomic E-state index is 10.2. The minimum atomic E-state index is -0.450. The SMILES string of the molecule is [OH][Cu]([c]1ccccc1)[CH]1CCCCC1.[OH][Cu]([c]1ccccc1)[CH]1CCCCC1. The van der Waals surface area contributed by atoms with Gasteiger partial charge in [-0.2, -0.15) is 0 Å². The quantitative estimate of drug-likeness (QED) is 0.591. The van der Waals surface area contributed by atoms with Gasteiger partial charge in [-0.25, -0.2) is 0 Å². The molecule has 0 atom stereocenters. The van der Waals surface area contributed by atoms with Crippen LogP contribution in [0.4, 0.5) is 0 Å². The molecule has 2 saturated carbocycles. The average Bonchev–Trinajstić information content (AvgIpc) is 2.81. The first-order valence-corrected chi connectivity index (χ1v) is 13.2. The molecule has 2 aromatic carbocycles. The second-order valence-corrected chi connectivity index (χ2v) is 11.4. The van der Waals surface area contributed by atoms with Crippen LogP contribution < -0.4 is 8.92 Å². The molecule has 0 radical (unpaired) electrons. The molecule has 2 aliphatic carbocycles. The molecular weight excluding hydrogens is 447 g/mol. The molecular formula is C24H34Cu2O2. The molecule has 4 rings (SSSR count). The van der Waals surface area contributed by atoms with Gasteiger partial charge >= 0.3 is 180 Å².